The lowest BCUT2D eigenvalue weighted by Gasteiger charge is -2.34. The molecule has 5 nitrogen and oxygen atoms in total. The number of hydrogen-bond acceptors (Lipinski definition) is 3. The molecule has 1 aromatic carbocycles. The van der Waals surface area contributed by atoms with Crippen molar-refractivity contribution >= 4 is 5.91 Å². The molecule has 1 saturated heterocycles. The molecule has 0 N–H and O–H groups in total. The van der Waals surface area contributed by atoms with Crippen molar-refractivity contribution in [1.82, 2.24) is 19.6 Å². The summed E-state index contributed by atoms with van der Waals surface area (Å²) < 4.78 is 53.5. The van der Waals surface area contributed by atoms with Crippen LogP contribution in [0.5, 0.6) is 0 Å². The van der Waals surface area contributed by atoms with Gasteiger partial charge in [-0.1, -0.05) is 0 Å². The highest BCUT2D eigenvalue weighted by Crippen LogP contribution is 2.22. The van der Waals surface area contributed by atoms with Crippen LogP contribution in [-0.4, -0.2) is 64.6 Å². The summed E-state index contributed by atoms with van der Waals surface area (Å²) in [6, 6.07) is 3.15. The van der Waals surface area contributed by atoms with Crippen LogP contribution < -0.4 is 0 Å². The van der Waals surface area contributed by atoms with E-state index in [1.54, 1.807) is 23.6 Å². The number of carbonyl (C=O) groups excluding carboxylic acids is 1. The Morgan fingerprint density at radius 2 is 1.81 bits per heavy atom. The Labute approximate surface area is 154 Å². The number of aryl methyl sites for hydroxylation is 1. The SMILES string of the molecule is Cc1nn(-c2ccc(F)cc2F)c(C)c1C(=O)N1CCN(CC(F)F)CC1. The van der Waals surface area contributed by atoms with Crippen LogP contribution in [0.2, 0.25) is 0 Å². The molecule has 0 unspecified atom stereocenters. The topological polar surface area (TPSA) is 41.4 Å². The molecule has 3 rings (SSSR count). The number of hydrogen-bond donors (Lipinski definition) is 0. The first-order chi connectivity index (χ1) is 12.8. The van der Waals surface area contributed by atoms with E-state index in [1.807, 2.05) is 0 Å². The number of benzene rings is 1. The van der Waals surface area contributed by atoms with Gasteiger partial charge in [0.2, 0.25) is 0 Å². The number of amides is 1. The first-order valence-corrected chi connectivity index (χ1v) is 8.59. The minimum absolute atomic E-state index is 0.0535. The number of carbonyl (C=O) groups is 1. The maximum absolute atomic E-state index is 14.1. The molecular formula is C18H20F4N4O. The van der Waals surface area contributed by atoms with Gasteiger partial charge >= 0.3 is 0 Å². The summed E-state index contributed by atoms with van der Waals surface area (Å²) in [4.78, 5) is 16.1. The third-order valence-corrected chi connectivity index (χ3v) is 4.70. The molecule has 1 fully saturated rings. The van der Waals surface area contributed by atoms with E-state index in [0.717, 1.165) is 12.1 Å². The summed E-state index contributed by atoms with van der Waals surface area (Å²) in [6.45, 7) is 4.39. The molecule has 1 amide bonds. The second-order valence-corrected chi connectivity index (χ2v) is 6.54. The lowest BCUT2D eigenvalue weighted by Crippen LogP contribution is -2.49. The Kier molecular flexibility index (Phi) is 5.50. The predicted molar refractivity (Wildman–Crippen MR) is 91.3 cm³/mol. The Morgan fingerprint density at radius 1 is 1.15 bits per heavy atom. The lowest BCUT2D eigenvalue weighted by molar-refractivity contribution is 0.0458. The van der Waals surface area contributed by atoms with Gasteiger partial charge in [-0.25, -0.2) is 22.2 Å². The quantitative estimate of drug-likeness (QED) is 0.762. The van der Waals surface area contributed by atoms with Crippen molar-refractivity contribution in [3.05, 3.63) is 46.8 Å². The first kappa shape index (κ1) is 19.3. The zero-order valence-corrected chi connectivity index (χ0v) is 15.1. The normalized spacial score (nSPS) is 15.6. The van der Waals surface area contributed by atoms with Crippen molar-refractivity contribution in [2.24, 2.45) is 0 Å². The van der Waals surface area contributed by atoms with E-state index in [-0.39, 0.29) is 18.1 Å². The highest BCUT2D eigenvalue weighted by Gasteiger charge is 2.28. The van der Waals surface area contributed by atoms with Crippen LogP contribution in [0.25, 0.3) is 5.69 Å². The summed E-state index contributed by atoms with van der Waals surface area (Å²) in [7, 11) is 0. The monoisotopic (exact) mass is 384 g/mol. The molecule has 0 radical (unpaired) electrons. The van der Waals surface area contributed by atoms with Crippen molar-refractivity contribution in [2.45, 2.75) is 20.3 Å². The van der Waals surface area contributed by atoms with Gasteiger partial charge in [0.05, 0.1) is 23.5 Å². The number of rotatable bonds is 4. The Morgan fingerprint density at radius 3 is 2.41 bits per heavy atom. The molecule has 2 aromatic rings. The minimum atomic E-state index is -2.40. The third-order valence-electron chi connectivity index (χ3n) is 4.70. The van der Waals surface area contributed by atoms with Gasteiger partial charge in [0.25, 0.3) is 12.3 Å². The maximum Gasteiger partial charge on any atom is 0.257 e. The van der Waals surface area contributed by atoms with Gasteiger partial charge in [-0.05, 0) is 26.0 Å². The number of piperazine rings is 1. The third kappa shape index (κ3) is 3.97. The molecule has 0 bridgehead atoms. The fourth-order valence-electron chi connectivity index (χ4n) is 3.33. The smallest absolute Gasteiger partial charge is 0.257 e. The second kappa shape index (κ2) is 7.67. The first-order valence-electron chi connectivity index (χ1n) is 8.59. The van der Waals surface area contributed by atoms with Crippen LogP contribution in [0.3, 0.4) is 0 Å². The highest BCUT2D eigenvalue weighted by molar-refractivity contribution is 5.96. The van der Waals surface area contributed by atoms with Gasteiger partial charge in [0, 0.05) is 32.2 Å². The standard InChI is InChI=1S/C18H20F4N4O/c1-11-17(18(27)25-7-5-24(6-8-25)10-16(21)22)12(2)26(23-11)15-4-3-13(19)9-14(15)20/h3-4,9,16H,5-8,10H2,1-2H3. The van der Waals surface area contributed by atoms with Crippen LogP contribution >= 0.6 is 0 Å². The van der Waals surface area contributed by atoms with Crippen LogP contribution in [0.4, 0.5) is 17.6 Å². The zero-order chi connectivity index (χ0) is 19.7. The second-order valence-electron chi connectivity index (χ2n) is 6.54. The summed E-state index contributed by atoms with van der Waals surface area (Å²) in [5, 5.41) is 4.24. The van der Waals surface area contributed by atoms with Crippen molar-refractivity contribution in [1.29, 1.82) is 0 Å². The molecular weight excluding hydrogens is 364 g/mol. The summed E-state index contributed by atoms with van der Waals surface area (Å²) in [5.41, 5.74) is 1.27. The summed E-state index contributed by atoms with van der Waals surface area (Å²) in [5.74, 6) is -1.74. The number of aromatic nitrogens is 2. The van der Waals surface area contributed by atoms with Gasteiger partial charge in [0.15, 0.2) is 5.82 Å². The Balaban J connectivity index is 1.82. The van der Waals surface area contributed by atoms with Crippen LogP contribution in [0, 0.1) is 25.5 Å². The number of alkyl halides is 2. The molecule has 2 heterocycles. The van der Waals surface area contributed by atoms with Crippen LogP contribution in [0.15, 0.2) is 18.2 Å². The van der Waals surface area contributed by atoms with Gasteiger partial charge in [-0.3, -0.25) is 9.69 Å². The van der Waals surface area contributed by atoms with Crippen molar-refractivity contribution in [3.63, 3.8) is 0 Å². The van der Waals surface area contributed by atoms with E-state index in [2.05, 4.69) is 5.10 Å². The fourth-order valence-corrected chi connectivity index (χ4v) is 3.33. The Bertz CT molecular complexity index is 844. The fraction of sp³-hybridized carbons (Fsp3) is 0.444. The van der Waals surface area contributed by atoms with Crippen LogP contribution in [0.1, 0.15) is 21.7 Å². The molecule has 0 spiro atoms. The molecule has 0 saturated carbocycles. The van der Waals surface area contributed by atoms with Crippen molar-refractivity contribution in [2.75, 3.05) is 32.7 Å². The van der Waals surface area contributed by atoms with Crippen molar-refractivity contribution < 1.29 is 22.4 Å². The maximum atomic E-state index is 14.1. The predicted octanol–water partition coefficient (Wildman–Crippen LogP) is 2.79. The average molecular weight is 384 g/mol. The molecule has 1 aromatic heterocycles. The summed E-state index contributed by atoms with van der Waals surface area (Å²) in [6.07, 6.45) is -2.40. The molecule has 27 heavy (non-hydrogen) atoms. The van der Waals surface area contributed by atoms with Crippen molar-refractivity contribution in [3.8, 4) is 5.69 Å². The highest BCUT2D eigenvalue weighted by atomic mass is 19.3. The van der Waals surface area contributed by atoms with Gasteiger partial charge in [0.1, 0.15) is 11.5 Å². The van der Waals surface area contributed by atoms with Gasteiger partial charge in [-0.2, -0.15) is 5.10 Å². The van der Waals surface area contributed by atoms with Gasteiger partial charge < -0.3 is 4.90 Å². The molecule has 0 atom stereocenters. The molecule has 146 valence electrons. The molecule has 9 heteroatoms. The minimum Gasteiger partial charge on any atom is -0.336 e. The van der Waals surface area contributed by atoms with E-state index >= 15 is 0 Å². The number of halogens is 4. The van der Waals surface area contributed by atoms with E-state index in [9.17, 15) is 22.4 Å². The molecule has 0 aliphatic carbocycles. The van der Waals surface area contributed by atoms with E-state index in [4.69, 9.17) is 0 Å². The van der Waals surface area contributed by atoms with Gasteiger partial charge in [-0.15, -0.1) is 0 Å². The average Bonchev–Trinajstić information content (AvgIpc) is 2.89. The van der Waals surface area contributed by atoms with Crippen LogP contribution in [-0.2, 0) is 0 Å². The number of nitrogens with zero attached hydrogens (tertiary/aromatic N) is 4. The Hall–Kier alpha value is -2.42. The zero-order valence-electron chi connectivity index (χ0n) is 15.1. The summed E-state index contributed by atoms with van der Waals surface area (Å²) >= 11 is 0. The van der Waals surface area contributed by atoms with E-state index in [1.165, 1.54) is 10.7 Å². The van der Waals surface area contributed by atoms with E-state index in [0.29, 0.717) is 43.1 Å². The largest absolute Gasteiger partial charge is 0.336 e. The lowest BCUT2D eigenvalue weighted by atomic mass is 10.1. The van der Waals surface area contributed by atoms with E-state index < -0.39 is 18.1 Å². The molecule has 1 aliphatic heterocycles. The molecule has 1 aliphatic rings.